The number of nitriles is 2. The van der Waals surface area contributed by atoms with Gasteiger partial charge >= 0.3 is 0 Å². The van der Waals surface area contributed by atoms with Crippen LogP contribution in [0.4, 0.5) is 17.6 Å². The second-order valence-corrected chi connectivity index (χ2v) is 34.6. The van der Waals surface area contributed by atoms with Crippen LogP contribution in [0.25, 0.3) is 61.9 Å². The molecule has 0 N–H and O–H groups in total. The van der Waals surface area contributed by atoms with E-state index < -0.39 is 57.1 Å². The highest BCUT2D eigenvalue weighted by molar-refractivity contribution is 7.34. The Hall–Kier alpha value is -10.4. The number of rotatable bonds is 38. The highest BCUT2D eigenvalue weighted by Crippen LogP contribution is 2.70. The fourth-order valence-electron chi connectivity index (χ4n) is 17.1. The average molecular weight is 1630 g/mol. The van der Waals surface area contributed by atoms with Crippen LogP contribution in [0.3, 0.4) is 0 Å². The summed E-state index contributed by atoms with van der Waals surface area (Å²) >= 11 is 6.24. The van der Waals surface area contributed by atoms with Crippen molar-refractivity contribution < 1.29 is 46.1 Å². The van der Waals surface area contributed by atoms with Crippen molar-refractivity contribution in [2.75, 3.05) is 26.4 Å². The highest BCUT2D eigenvalue weighted by Gasteiger charge is 2.55. The molecule has 0 fully saturated rings. The molecule has 10 nitrogen and oxygen atoms in total. The molecule has 0 saturated heterocycles. The molecule has 4 aliphatic rings. The van der Waals surface area contributed by atoms with E-state index in [1.165, 1.54) is 74.0 Å². The topological polar surface area (TPSA) is 127 Å². The number of ether oxygens (including phenoxy) is 4. The van der Waals surface area contributed by atoms with Crippen LogP contribution in [0.5, 0.6) is 23.0 Å². The maximum absolute atomic E-state index is 15.4. The number of Topliss-reactive ketones (excluding diaryl/α,β-unsaturated/α-hetero) is 2. The van der Waals surface area contributed by atoms with Crippen molar-refractivity contribution in [3.8, 4) is 54.6 Å². The zero-order valence-corrected chi connectivity index (χ0v) is 69.3. The van der Waals surface area contributed by atoms with Crippen molar-refractivity contribution in [2.24, 2.45) is 0 Å². The number of hydrogen-bond donors (Lipinski definition) is 0. The summed E-state index contributed by atoms with van der Waals surface area (Å²) in [7, 11) is 0. The number of nitrogens with zero attached hydrogens (tertiary/aromatic N) is 4. The van der Waals surface area contributed by atoms with Gasteiger partial charge in [0.2, 0.25) is 0 Å². The van der Waals surface area contributed by atoms with Crippen molar-refractivity contribution in [3.63, 3.8) is 0 Å². The first-order valence-electron chi connectivity index (χ1n) is 41.1. The van der Waals surface area contributed by atoms with Crippen molar-refractivity contribution in [3.05, 3.63) is 279 Å². The van der Waals surface area contributed by atoms with Gasteiger partial charge in [-0.15, -0.1) is 45.3 Å². The maximum atomic E-state index is 15.4. The number of carbonyl (C=O) groups is 2. The van der Waals surface area contributed by atoms with E-state index in [1.54, 1.807) is 34.8 Å². The van der Waals surface area contributed by atoms with E-state index >= 15 is 17.6 Å². The van der Waals surface area contributed by atoms with Gasteiger partial charge in [0, 0.05) is 54.3 Å². The molecule has 4 aliphatic carbocycles. The first-order chi connectivity index (χ1) is 56.7. The van der Waals surface area contributed by atoms with E-state index in [2.05, 4.69) is 98.0 Å². The van der Waals surface area contributed by atoms with E-state index in [9.17, 15) is 20.1 Å². The molecular formula is C98H92F4N4O6S4. The first-order valence-corrected chi connectivity index (χ1v) is 44.4. The molecule has 0 spiro atoms. The third-order valence-corrected chi connectivity index (χ3v) is 27.9. The lowest BCUT2D eigenvalue weighted by molar-refractivity contribution is 0.103. The van der Waals surface area contributed by atoms with E-state index in [1.807, 2.05) is 60.7 Å². The summed E-state index contributed by atoms with van der Waals surface area (Å²) in [6.45, 7) is 27.3. The van der Waals surface area contributed by atoms with Gasteiger partial charge in [-0.1, -0.05) is 205 Å². The predicted octanol–water partition coefficient (Wildman–Crippen LogP) is 28.2. The summed E-state index contributed by atoms with van der Waals surface area (Å²) in [6, 6.07) is 44.9. The van der Waals surface area contributed by atoms with Gasteiger partial charge in [-0.25, -0.2) is 37.8 Å². The fourth-order valence-corrected chi connectivity index (χ4v) is 22.8. The minimum absolute atomic E-state index is 0.0365. The van der Waals surface area contributed by atoms with E-state index in [-0.39, 0.29) is 44.5 Å². The van der Waals surface area contributed by atoms with E-state index in [0.29, 0.717) is 59.2 Å². The van der Waals surface area contributed by atoms with E-state index in [0.717, 1.165) is 200 Å². The molecule has 14 rings (SSSR count). The fraction of sp³-hybridized carbons (Fsp3) is 0.347. The van der Waals surface area contributed by atoms with Gasteiger partial charge in [0.05, 0.1) is 91.4 Å². The molecule has 18 heteroatoms. The number of allylic oxidation sites excluding steroid dienone is 6. The molecule has 592 valence electrons. The Bertz CT molecular complexity index is 5150. The van der Waals surface area contributed by atoms with Crippen molar-refractivity contribution >= 4 is 89.6 Å². The number of ketones is 2. The monoisotopic (exact) mass is 1620 g/mol. The van der Waals surface area contributed by atoms with E-state index in [4.69, 9.17) is 32.1 Å². The average Bonchev–Trinajstić information content (AvgIpc) is 1.48. The molecule has 10 aromatic rings. The number of halogens is 4. The van der Waals surface area contributed by atoms with Crippen LogP contribution in [-0.2, 0) is 10.8 Å². The Kier molecular flexibility index (Phi) is 26.3. The maximum Gasteiger partial charge on any atom is 0.270 e. The summed E-state index contributed by atoms with van der Waals surface area (Å²) in [5.74, 6) is -3.39. The summed E-state index contributed by atoms with van der Waals surface area (Å²) in [5.41, 5.74) is 3.60. The van der Waals surface area contributed by atoms with Gasteiger partial charge in [0.1, 0.15) is 23.0 Å². The minimum atomic E-state index is -1.23. The van der Waals surface area contributed by atoms with Gasteiger partial charge in [0.15, 0.2) is 34.8 Å². The lowest BCUT2D eigenvalue weighted by Gasteiger charge is -2.34. The normalized spacial score (nSPS) is 15.4. The molecule has 0 aliphatic heterocycles. The van der Waals surface area contributed by atoms with Crippen molar-refractivity contribution in [1.82, 2.24) is 0 Å². The van der Waals surface area contributed by atoms with Gasteiger partial charge in [-0.2, -0.15) is 0 Å². The molecule has 0 saturated carbocycles. The Morgan fingerprint density at radius 3 is 0.914 bits per heavy atom. The number of thiophene rings is 4. The smallest absolute Gasteiger partial charge is 0.270 e. The largest absolute Gasteiger partial charge is 0.494 e. The molecule has 0 atom stereocenters. The molecule has 0 bridgehead atoms. The Balaban J connectivity index is 1.02. The molecule has 4 aromatic heterocycles. The number of unbranched alkanes of at least 4 members (excludes halogenated alkanes) is 20. The third kappa shape index (κ3) is 15.9. The van der Waals surface area contributed by atoms with Crippen LogP contribution >= 0.6 is 45.3 Å². The molecule has 4 heterocycles. The van der Waals surface area contributed by atoms with Gasteiger partial charge in [0.25, 0.3) is 11.4 Å². The highest BCUT2D eigenvalue weighted by atomic mass is 32.1. The molecule has 0 unspecified atom stereocenters. The minimum Gasteiger partial charge on any atom is -0.494 e. The molecular weight excluding hydrogens is 1530 g/mol. The summed E-state index contributed by atoms with van der Waals surface area (Å²) < 4.78 is 89.6. The van der Waals surface area contributed by atoms with Gasteiger partial charge in [-0.05, 0) is 167 Å². The summed E-state index contributed by atoms with van der Waals surface area (Å²) in [5, 5.41) is 21.1. The van der Waals surface area contributed by atoms with Crippen LogP contribution in [0.2, 0.25) is 0 Å². The summed E-state index contributed by atoms with van der Waals surface area (Å²) in [4.78, 5) is 41.7. The number of hydrogen-bond acceptors (Lipinski definition) is 12. The molecule has 6 aromatic carbocycles. The standard InChI is InChI=1S/C98H92F4N4O6S4/c1-7-11-15-19-23-27-47-109-65-39-31-61(32-40-65)97(62-33-41-66(42-34-62)110-48-28-24-20-16-12-8-2)77-53-69(51-75-85(83(59-103)105-5)71-55-79(99)81(101)57-73(71)89(75)107)113-91(77)93-87(97)95-96(115-93)88-94(116-95)92-78(54-70(114-92)52-76-86(84(60-104)106-6)72-56-80(100)82(102)58-74(72)90(76)108)98(88,63-35-43-67(44-36-63)111-49-29-25-21-17-13-9-3)64-37-45-68(46-38-64)112-50-30-26-22-18-14-10-4/h31-46,51-58H,7-30,47-50H2,1-4H3/b75-51-,76-52-,85-83+,86-84?. The summed E-state index contributed by atoms with van der Waals surface area (Å²) in [6.07, 6.45) is 29.7. The first kappa shape index (κ1) is 82.1. The third-order valence-electron chi connectivity index (χ3n) is 22.9. The Morgan fingerprint density at radius 2 is 0.647 bits per heavy atom. The van der Waals surface area contributed by atoms with Crippen LogP contribution < -0.4 is 18.9 Å². The van der Waals surface area contributed by atoms with Crippen LogP contribution in [0, 0.1) is 59.1 Å². The quantitative estimate of drug-likeness (QED) is 0.0123. The van der Waals surface area contributed by atoms with Crippen LogP contribution in [0.1, 0.15) is 268 Å². The lowest BCUT2D eigenvalue weighted by Crippen LogP contribution is -2.28. The molecule has 0 radical (unpaired) electrons. The second-order valence-electron chi connectivity index (χ2n) is 30.4. The molecule has 0 amide bonds. The SMILES string of the molecule is [C-]#[N+]C(C#N)=C1/C(=C/c2cc3c(s2)-c2sc4c5c(sc4c2C3(c2ccc(OCCCCCCCC)cc2)c2ccc(OCCCCCCCC)cc2)-c2sc(/C=C3\C(=O)c4cc(F)c(F)cc4\C3=C(\C#N)[N+]#[C-])cc2C5(c2ccc(OCCCCCCCC)cc2)c2ccc(OCCCCCCCC)cc2)C(=O)c2cc(F)c(F)cc21. The van der Waals surface area contributed by atoms with Crippen molar-refractivity contribution in [1.29, 1.82) is 10.5 Å². The van der Waals surface area contributed by atoms with Crippen LogP contribution in [-0.4, -0.2) is 38.0 Å². The van der Waals surface area contributed by atoms with Crippen LogP contribution in [0.15, 0.2) is 156 Å². The molecule has 116 heavy (non-hydrogen) atoms. The van der Waals surface area contributed by atoms with Gasteiger partial charge < -0.3 is 18.9 Å². The Labute approximate surface area is 693 Å². The number of fused-ring (bicyclic) bond motifs is 11. The van der Waals surface area contributed by atoms with Crippen molar-refractivity contribution in [2.45, 2.75) is 193 Å². The van der Waals surface area contributed by atoms with Gasteiger partial charge in [-0.3, -0.25) is 9.59 Å². The zero-order chi connectivity index (χ0) is 81.0. The number of carbonyl (C=O) groups excluding carboxylic acids is 2. The second kappa shape index (κ2) is 37.2. The zero-order valence-electron chi connectivity index (χ0n) is 66.0. The Morgan fingerprint density at radius 1 is 0.379 bits per heavy atom. The number of benzene rings is 6. The lowest BCUT2D eigenvalue weighted by atomic mass is 9.67. The predicted molar refractivity (Wildman–Crippen MR) is 461 cm³/mol.